The van der Waals surface area contributed by atoms with E-state index in [1.807, 2.05) is 32.0 Å². The highest BCUT2D eigenvalue weighted by atomic mass is 35.5. The minimum Gasteiger partial charge on any atom is -0.454 e. The monoisotopic (exact) mass is 485 g/mol. The molecule has 8 nitrogen and oxygen atoms in total. The number of para-hydroxylation sites is 3. The summed E-state index contributed by atoms with van der Waals surface area (Å²) in [5.74, 6) is 1.21. The second-order valence-corrected chi connectivity index (χ2v) is 9.96. The Kier molecular flexibility index (Phi) is 5.10. The first-order chi connectivity index (χ1) is 15.7. The maximum atomic E-state index is 12.9. The van der Waals surface area contributed by atoms with Crippen LogP contribution in [0.2, 0.25) is 5.02 Å². The molecule has 5 rings (SSSR count). The Bertz CT molecular complexity index is 1390. The lowest BCUT2D eigenvalue weighted by molar-refractivity contribution is -0.0434. The number of rotatable bonds is 4. The van der Waals surface area contributed by atoms with Crippen LogP contribution in [0, 0.1) is 0 Å². The number of nitrogens with zero attached hydrogens (tertiary/aromatic N) is 1. The molecule has 0 amide bonds. The molecule has 0 bridgehead atoms. The van der Waals surface area contributed by atoms with E-state index in [-0.39, 0.29) is 23.1 Å². The Labute approximate surface area is 196 Å². The largest absolute Gasteiger partial charge is 0.454 e. The van der Waals surface area contributed by atoms with Crippen LogP contribution in [0.25, 0.3) is 0 Å². The molecule has 0 aliphatic carbocycles. The summed E-state index contributed by atoms with van der Waals surface area (Å²) in [6.07, 6.45) is 0. The standard InChI is InChI=1S/C23H20ClN3O5S/c1-23(2)31-18-11-5-7-14(21(18)32-23)13-25-22-26-20-17(30-16-9-4-3-8-15(16)24)10-6-12-19(20)33(28,29)27-22/h3-12H,13H2,1-2H3,(H2,25,26,27). The maximum Gasteiger partial charge on any atom is 0.266 e. The van der Waals surface area contributed by atoms with Gasteiger partial charge in [0.15, 0.2) is 17.2 Å². The van der Waals surface area contributed by atoms with Gasteiger partial charge in [-0.25, -0.2) is 18.1 Å². The first-order valence-electron chi connectivity index (χ1n) is 10.1. The van der Waals surface area contributed by atoms with Crippen molar-refractivity contribution < 1.29 is 22.6 Å². The van der Waals surface area contributed by atoms with Gasteiger partial charge in [0, 0.05) is 19.4 Å². The number of sulfonamides is 1. The van der Waals surface area contributed by atoms with Crippen molar-refractivity contribution >= 4 is 33.3 Å². The van der Waals surface area contributed by atoms with Gasteiger partial charge in [0.25, 0.3) is 10.0 Å². The van der Waals surface area contributed by atoms with Gasteiger partial charge in [-0.15, -0.1) is 0 Å². The van der Waals surface area contributed by atoms with Gasteiger partial charge >= 0.3 is 0 Å². The molecule has 0 radical (unpaired) electrons. The van der Waals surface area contributed by atoms with Gasteiger partial charge in [-0.1, -0.05) is 41.9 Å². The van der Waals surface area contributed by atoms with Crippen molar-refractivity contribution in [2.45, 2.75) is 31.1 Å². The Morgan fingerprint density at radius 1 is 1.00 bits per heavy atom. The van der Waals surface area contributed by atoms with Crippen LogP contribution >= 0.6 is 11.6 Å². The highest BCUT2D eigenvalue weighted by molar-refractivity contribution is 7.90. The van der Waals surface area contributed by atoms with Crippen molar-refractivity contribution in [3.05, 3.63) is 71.2 Å². The summed E-state index contributed by atoms with van der Waals surface area (Å²) in [4.78, 5) is 4.48. The molecule has 170 valence electrons. The number of fused-ring (bicyclic) bond motifs is 2. The Balaban J connectivity index is 1.46. The molecule has 33 heavy (non-hydrogen) atoms. The molecular weight excluding hydrogens is 466 g/mol. The lowest BCUT2D eigenvalue weighted by Gasteiger charge is -2.24. The van der Waals surface area contributed by atoms with E-state index in [0.717, 1.165) is 5.56 Å². The number of anilines is 1. The third kappa shape index (κ3) is 4.17. The van der Waals surface area contributed by atoms with Gasteiger partial charge in [0.1, 0.15) is 16.3 Å². The quantitative estimate of drug-likeness (QED) is 0.545. The molecule has 0 saturated heterocycles. The van der Waals surface area contributed by atoms with Gasteiger partial charge in [0.2, 0.25) is 11.7 Å². The zero-order valence-electron chi connectivity index (χ0n) is 17.8. The van der Waals surface area contributed by atoms with Crippen LogP contribution in [0.1, 0.15) is 19.4 Å². The molecule has 2 N–H and O–H groups in total. The average molecular weight is 486 g/mol. The van der Waals surface area contributed by atoms with Gasteiger partial charge in [0.05, 0.1) is 11.6 Å². The van der Waals surface area contributed by atoms with Crippen LogP contribution in [0.15, 0.2) is 70.6 Å². The average Bonchev–Trinajstić information content (AvgIpc) is 3.08. The van der Waals surface area contributed by atoms with Crippen LogP contribution < -0.4 is 24.2 Å². The number of aliphatic imine (C=N–C) groups is 1. The van der Waals surface area contributed by atoms with Crippen LogP contribution in [-0.4, -0.2) is 20.2 Å². The normalized spacial score (nSPS) is 18.2. The number of nitrogens with one attached hydrogen (secondary N) is 2. The molecule has 0 atom stereocenters. The molecule has 2 heterocycles. The fraction of sp³-hybridized carbons (Fsp3) is 0.174. The number of halogens is 1. The van der Waals surface area contributed by atoms with E-state index in [1.165, 1.54) is 6.07 Å². The topological polar surface area (TPSA) is 98.2 Å². The van der Waals surface area contributed by atoms with E-state index in [9.17, 15) is 8.42 Å². The van der Waals surface area contributed by atoms with Gasteiger partial charge in [-0.3, -0.25) is 0 Å². The zero-order chi connectivity index (χ0) is 23.2. The molecule has 2 aliphatic rings. The highest BCUT2D eigenvalue weighted by Gasteiger charge is 2.33. The van der Waals surface area contributed by atoms with Gasteiger partial charge in [-0.05, 0) is 30.3 Å². The number of benzene rings is 3. The van der Waals surface area contributed by atoms with Crippen LogP contribution in [0.4, 0.5) is 5.69 Å². The molecular formula is C23H20ClN3O5S. The second-order valence-electron chi connectivity index (χ2n) is 7.91. The van der Waals surface area contributed by atoms with Crippen LogP contribution in [0.5, 0.6) is 23.0 Å². The van der Waals surface area contributed by atoms with Crippen molar-refractivity contribution in [2.75, 3.05) is 5.32 Å². The lowest BCUT2D eigenvalue weighted by atomic mass is 10.2. The smallest absolute Gasteiger partial charge is 0.266 e. The van der Waals surface area contributed by atoms with E-state index in [0.29, 0.717) is 28.0 Å². The summed E-state index contributed by atoms with van der Waals surface area (Å²) >= 11 is 6.20. The summed E-state index contributed by atoms with van der Waals surface area (Å²) in [5, 5.41) is 3.44. The van der Waals surface area contributed by atoms with Crippen LogP contribution in [-0.2, 0) is 16.6 Å². The minimum atomic E-state index is -3.86. The SMILES string of the molecule is CC1(C)Oc2cccc(CN=C3Nc4c(Oc5ccccc5Cl)cccc4S(=O)(=O)N3)c2O1. The molecule has 0 fully saturated rings. The van der Waals surface area contributed by atoms with Crippen molar-refractivity contribution in [3.63, 3.8) is 0 Å². The number of ether oxygens (including phenoxy) is 3. The summed E-state index contributed by atoms with van der Waals surface area (Å²) < 4.78 is 45.8. The number of hydrogen-bond donors (Lipinski definition) is 2. The van der Waals surface area contributed by atoms with E-state index < -0.39 is 15.8 Å². The van der Waals surface area contributed by atoms with Gasteiger partial charge < -0.3 is 19.5 Å². The van der Waals surface area contributed by atoms with E-state index in [1.54, 1.807) is 36.4 Å². The molecule has 0 saturated carbocycles. The third-order valence-electron chi connectivity index (χ3n) is 4.98. The van der Waals surface area contributed by atoms with Crippen LogP contribution in [0.3, 0.4) is 0 Å². The summed E-state index contributed by atoms with van der Waals surface area (Å²) in [5.41, 5.74) is 1.03. The molecule has 0 aromatic heterocycles. The predicted octanol–water partition coefficient (Wildman–Crippen LogP) is 4.90. The minimum absolute atomic E-state index is 0.0464. The number of hydrogen-bond acceptors (Lipinski definition) is 6. The Morgan fingerprint density at radius 2 is 1.76 bits per heavy atom. The number of guanidine groups is 1. The molecule has 3 aromatic rings. The van der Waals surface area contributed by atoms with Gasteiger partial charge in [-0.2, -0.15) is 0 Å². The maximum absolute atomic E-state index is 12.9. The van der Waals surface area contributed by atoms with Crippen molar-refractivity contribution in [2.24, 2.45) is 4.99 Å². The highest BCUT2D eigenvalue weighted by Crippen LogP contribution is 2.42. The fourth-order valence-corrected chi connectivity index (χ4v) is 4.90. The van der Waals surface area contributed by atoms with Crippen molar-refractivity contribution in [1.29, 1.82) is 0 Å². The fourth-order valence-electron chi connectivity index (χ4n) is 3.56. The van der Waals surface area contributed by atoms with Crippen molar-refractivity contribution in [3.8, 4) is 23.0 Å². The second kappa shape index (κ2) is 7.86. The lowest BCUT2D eigenvalue weighted by Crippen LogP contribution is -2.40. The molecule has 2 aliphatic heterocycles. The van der Waals surface area contributed by atoms with Crippen molar-refractivity contribution in [1.82, 2.24) is 4.72 Å². The Hall–Kier alpha value is -3.43. The third-order valence-corrected chi connectivity index (χ3v) is 6.67. The Morgan fingerprint density at radius 3 is 2.58 bits per heavy atom. The first-order valence-corrected chi connectivity index (χ1v) is 12.0. The summed E-state index contributed by atoms with van der Waals surface area (Å²) in [7, 11) is -3.86. The summed E-state index contributed by atoms with van der Waals surface area (Å²) in [6.45, 7) is 3.80. The molecule has 3 aromatic carbocycles. The summed E-state index contributed by atoms with van der Waals surface area (Å²) in [6, 6.07) is 17.2. The van der Waals surface area contributed by atoms with E-state index >= 15 is 0 Å². The molecule has 10 heteroatoms. The molecule has 0 unspecified atom stereocenters. The van der Waals surface area contributed by atoms with E-state index in [2.05, 4.69) is 15.0 Å². The predicted molar refractivity (Wildman–Crippen MR) is 125 cm³/mol. The molecule has 0 spiro atoms. The zero-order valence-corrected chi connectivity index (χ0v) is 19.3. The van der Waals surface area contributed by atoms with E-state index in [4.69, 9.17) is 25.8 Å². The first kappa shape index (κ1) is 21.4.